The molecule has 0 aliphatic heterocycles. The third-order valence-corrected chi connectivity index (χ3v) is 4.28. The Hall–Kier alpha value is -1.10. The van der Waals surface area contributed by atoms with Crippen LogP contribution in [0, 0.1) is 6.92 Å². The molecule has 21 heavy (non-hydrogen) atoms. The predicted octanol–water partition coefficient (Wildman–Crippen LogP) is 4.78. The van der Waals surface area contributed by atoms with Gasteiger partial charge in [-0.1, -0.05) is 18.5 Å². The van der Waals surface area contributed by atoms with E-state index in [0.29, 0.717) is 6.04 Å². The number of aryl methyl sites for hydroxylation is 1. The summed E-state index contributed by atoms with van der Waals surface area (Å²) in [7, 11) is 0. The van der Waals surface area contributed by atoms with Crippen molar-refractivity contribution in [1.82, 2.24) is 10.3 Å². The Morgan fingerprint density at radius 3 is 2.90 bits per heavy atom. The van der Waals surface area contributed by atoms with Crippen molar-refractivity contribution in [2.75, 3.05) is 11.9 Å². The summed E-state index contributed by atoms with van der Waals surface area (Å²) in [5.41, 5.74) is 3.31. The molecule has 0 saturated heterocycles. The number of hydrogen-bond acceptors (Lipinski definition) is 4. The molecule has 3 nitrogen and oxygen atoms in total. The largest absolute Gasteiger partial charge is 0.331 e. The zero-order chi connectivity index (χ0) is 15.2. The van der Waals surface area contributed by atoms with Gasteiger partial charge in [-0.25, -0.2) is 4.98 Å². The van der Waals surface area contributed by atoms with Gasteiger partial charge in [0.05, 0.1) is 5.69 Å². The second kappa shape index (κ2) is 7.78. The van der Waals surface area contributed by atoms with Crippen molar-refractivity contribution in [2.24, 2.45) is 0 Å². The number of rotatable bonds is 7. The first-order chi connectivity index (χ1) is 10.1. The van der Waals surface area contributed by atoms with Gasteiger partial charge in [0.1, 0.15) is 0 Å². The molecule has 1 unspecified atom stereocenters. The molecule has 2 aromatic rings. The van der Waals surface area contributed by atoms with Crippen LogP contribution in [0.4, 0.5) is 10.8 Å². The number of benzene rings is 1. The smallest absolute Gasteiger partial charge is 0.187 e. The van der Waals surface area contributed by atoms with E-state index in [1.54, 1.807) is 11.3 Å². The molecule has 0 radical (unpaired) electrons. The fourth-order valence-electron chi connectivity index (χ4n) is 2.12. The van der Waals surface area contributed by atoms with Gasteiger partial charge in [0.25, 0.3) is 0 Å². The molecule has 0 amide bonds. The molecule has 2 N–H and O–H groups in total. The molecule has 114 valence electrons. The van der Waals surface area contributed by atoms with Gasteiger partial charge >= 0.3 is 0 Å². The lowest BCUT2D eigenvalue weighted by atomic mass is 10.2. The summed E-state index contributed by atoms with van der Waals surface area (Å²) in [6, 6.07) is 6.29. The van der Waals surface area contributed by atoms with Gasteiger partial charge in [-0.2, -0.15) is 0 Å². The van der Waals surface area contributed by atoms with Crippen LogP contribution >= 0.6 is 22.9 Å². The third kappa shape index (κ3) is 4.99. The third-order valence-electron chi connectivity index (χ3n) is 3.24. The van der Waals surface area contributed by atoms with Gasteiger partial charge in [-0.3, -0.25) is 0 Å². The second-order valence-electron chi connectivity index (χ2n) is 5.29. The molecule has 0 saturated carbocycles. The van der Waals surface area contributed by atoms with Gasteiger partial charge in [0.15, 0.2) is 5.13 Å². The standard InChI is InChI=1S/C16H22ClN3S/c1-4-7-18-12(3)9-14-10-21-16(19-14)20-15-6-5-13(17)8-11(15)2/h5-6,8,10,12,18H,4,7,9H2,1-3H3,(H,19,20). The van der Waals surface area contributed by atoms with Crippen LogP contribution in [0.3, 0.4) is 0 Å². The zero-order valence-electron chi connectivity index (χ0n) is 12.7. The first kappa shape index (κ1) is 16.3. The number of nitrogens with zero attached hydrogens (tertiary/aromatic N) is 1. The van der Waals surface area contributed by atoms with Crippen LogP contribution in [0.15, 0.2) is 23.6 Å². The van der Waals surface area contributed by atoms with Gasteiger partial charge in [0.2, 0.25) is 0 Å². The van der Waals surface area contributed by atoms with E-state index in [1.165, 1.54) is 0 Å². The number of thiazole rings is 1. The molecule has 0 bridgehead atoms. The van der Waals surface area contributed by atoms with Gasteiger partial charge in [-0.15, -0.1) is 11.3 Å². The van der Waals surface area contributed by atoms with Crippen LogP contribution in [0.1, 0.15) is 31.5 Å². The Balaban J connectivity index is 1.96. The second-order valence-corrected chi connectivity index (χ2v) is 6.58. The molecule has 0 fully saturated rings. The van der Waals surface area contributed by atoms with Crippen LogP contribution in [0.2, 0.25) is 5.02 Å². The molecule has 0 aliphatic carbocycles. The summed E-state index contributed by atoms with van der Waals surface area (Å²) in [6.45, 7) is 7.48. The fraction of sp³-hybridized carbons (Fsp3) is 0.438. The van der Waals surface area contributed by atoms with Crippen LogP contribution in [0.5, 0.6) is 0 Å². The first-order valence-electron chi connectivity index (χ1n) is 7.29. The maximum Gasteiger partial charge on any atom is 0.187 e. The average Bonchev–Trinajstić information content (AvgIpc) is 2.87. The van der Waals surface area contributed by atoms with E-state index in [9.17, 15) is 0 Å². The minimum absolute atomic E-state index is 0.456. The lowest BCUT2D eigenvalue weighted by Gasteiger charge is -2.11. The summed E-state index contributed by atoms with van der Waals surface area (Å²) in [5.74, 6) is 0. The minimum atomic E-state index is 0.456. The van der Waals surface area contributed by atoms with E-state index < -0.39 is 0 Å². The molecule has 2 rings (SSSR count). The van der Waals surface area contributed by atoms with Crippen molar-refractivity contribution in [3.8, 4) is 0 Å². The quantitative estimate of drug-likeness (QED) is 0.770. The maximum absolute atomic E-state index is 5.98. The molecule has 0 spiro atoms. The van der Waals surface area contributed by atoms with Gasteiger partial charge in [0, 0.05) is 28.6 Å². The van der Waals surface area contributed by atoms with Crippen LogP contribution in [-0.4, -0.2) is 17.6 Å². The van der Waals surface area contributed by atoms with Crippen molar-refractivity contribution in [2.45, 2.75) is 39.7 Å². The van der Waals surface area contributed by atoms with E-state index in [1.807, 2.05) is 25.1 Å². The van der Waals surface area contributed by atoms with Crippen molar-refractivity contribution >= 4 is 33.8 Å². The van der Waals surface area contributed by atoms with Crippen molar-refractivity contribution in [3.63, 3.8) is 0 Å². The van der Waals surface area contributed by atoms with E-state index in [0.717, 1.165) is 46.5 Å². The van der Waals surface area contributed by atoms with Gasteiger partial charge in [-0.05, 0) is 50.6 Å². The van der Waals surface area contributed by atoms with Crippen LogP contribution in [0.25, 0.3) is 0 Å². The Morgan fingerprint density at radius 2 is 2.19 bits per heavy atom. The summed E-state index contributed by atoms with van der Waals surface area (Å²) in [5, 5.41) is 10.7. The van der Waals surface area contributed by atoms with Crippen molar-refractivity contribution < 1.29 is 0 Å². The topological polar surface area (TPSA) is 37.0 Å². The van der Waals surface area contributed by atoms with E-state index in [2.05, 4.69) is 34.8 Å². The van der Waals surface area contributed by atoms with E-state index >= 15 is 0 Å². The summed E-state index contributed by atoms with van der Waals surface area (Å²) >= 11 is 7.62. The van der Waals surface area contributed by atoms with Crippen LogP contribution < -0.4 is 10.6 Å². The molecule has 0 aliphatic rings. The Morgan fingerprint density at radius 1 is 1.38 bits per heavy atom. The van der Waals surface area contributed by atoms with Crippen molar-refractivity contribution in [1.29, 1.82) is 0 Å². The number of hydrogen-bond donors (Lipinski definition) is 2. The molecule has 1 heterocycles. The highest BCUT2D eigenvalue weighted by atomic mass is 35.5. The zero-order valence-corrected chi connectivity index (χ0v) is 14.3. The molecule has 1 aromatic heterocycles. The lowest BCUT2D eigenvalue weighted by Crippen LogP contribution is -2.28. The monoisotopic (exact) mass is 323 g/mol. The molecular formula is C16H22ClN3S. The van der Waals surface area contributed by atoms with Gasteiger partial charge < -0.3 is 10.6 Å². The molecule has 1 aromatic carbocycles. The SMILES string of the molecule is CCCNC(C)Cc1csc(Nc2ccc(Cl)cc2C)n1. The van der Waals surface area contributed by atoms with E-state index in [-0.39, 0.29) is 0 Å². The molecular weight excluding hydrogens is 302 g/mol. The lowest BCUT2D eigenvalue weighted by molar-refractivity contribution is 0.540. The number of halogens is 1. The summed E-state index contributed by atoms with van der Waals surface area (Å²) < 4.78 is 0. The number of anilines is 2. The summed E-state index contributed by atoms with van der Waals surface area (Å²) in [4.78, 5) is 4.65. The fourth-order valence-corrected chi connectivity index (χ4v) is 3.08. The highest BCUT2D eigenvalue weighted by molar-refractivity contribution is 7.13. The maximum atomic E-state index is 5.98. The number of nitrogens with one attached hydrogen (secondary N) is 2. The Kier molecular flexibility index (Phi) is 6.03. The van der Waals surface area contributed by atoms with E-state index in [4.69, 9.17) is 11.6 Å². The highest BCUT2D eigenvalue weighted by Crippen LogP contribution is 2.25. The van der Waals surface area contributed by atoms with Crippen molar-refractivity contribution in [3.05, 3.63) is 39.9 Å². The Labute approximate surface area is 135 Å². The average molecular weight is 324 g/mol. The number of aromatic nitrogens is 1. The van der Waals surface area contributed by atoms with Crippen LogP contribution in [-0.2, 0) is 6.42 Å². The normalized spacial score (nSPS) is 12.4. The Bertz CT molecular complexity index is 583. The molecule has 5 heteroatoms. The first-order valence-corrected chi connectivity index (χ1v) is 8.55. The molecule has 1 atom stereocenters. The minimum Gasteiger partial charge on any atom is -0.331 e. The highest BCUT2D eigenvalue weighted by Gasteiger charge is 2.08. The summed E-state index contributed by atoms with van der Waals surface area (Å²) in [6.07, 6.45) is 2.11. The predicted molar refractivity (Wildman–Crippen MR) is 93.0 cm³/mol.